The van der Waals surface area contributed by atoms with Gasteiger partial charge in [0.25, 0.3) is 10.1 Å². The molecule has 43 heavy (non-hydrogen) atoms. The first-order valence-electron chi connectivity index (χ1n) is 14.2. The second kappa shape index (κ2) is 15.4. The van der Waals surface area contributed by atoms with E-state index in [0.717, 1.165) is 11.8 Å². The van der Waals surface area contributed by atoms with Gasteiger partial charge in [-0.05, 0) is 68.7 Å². The minimum atomic E-state index is -3.96. The van der Waals surface area contributed by atoms with Crippen molar-refractivity contribution in [3.05, 3.63) is 60.2 Å². The Kier molecular flexibility index (Phi) is 13.1. The first-order chi connectivity index (χ1) is 19.8. The molecule has 0 saturated carbocycles. The second-order valence-corrected chi connectivity index (χ2v) is 19.3. The molecule has 1 N–H and O–H groups in total. The number of carbonyl (C=O) groups is 1. The van der Waals surface area contributed by atoms with Crippen molar-refractivity contribution in [3.63, 3.8) is 0 Å². The Hall–Kier alpha value is -2.64. The molecule has 2 aromatic rings. The van der Waals surface area contributed by atoms with Gasteiger partial charge in [-0.3, -0.25) is 4.18 Å². The highest BCUT2D eigenvalue weighted by Crippen LogP contribution is 2.37. The highest BCUT2D eigenvalue weighted by Gasteiger charge is 2.41. The summed E-state index contributed by atoms with van der Waals surface area (Å²) in [5.41, 5.74) is 0.0722. The van der Waals surface area contributed by atoms with Gasteiger partial charge in [0.15, 0.2) is 8.32 Å². The molecule has 2 rings (SSSR count). The third-order valence-corrected chi connectivity index (χ3v) is 12.0. The lowest BCUT2D eigenvalue weighted by molar-refractivity contribution is -0.0736. The van der Waals surface area contributed by atoms with Crippen LogP contribution in [-0.2, 0) is 34.8 Å². The monoisotopic (exact) mass is 639 g/mol. The summed E-state index contributed by atoms with van der Waals surface area (Å²) in [4.78, 5) is 13.1. The van der Waals surface area contributed by atoms with Crippen LogP contribution in [0.4, 0.5) is 4.79 Å². The van der Waals surface area contributed by atoms with Crippen LogP contribution in [0.2, 0.25) is 18.1 Å². The van der Waals surface area contributed by atoms with E-state index in [9.17, 15) is 13.2 Å². The normalized spacial score (nSPS) is 14.8. The van der Waals surface area contributed by atoms with E-state index < -0.39 is 48.4 Å². The van der Waals surface area contributed by atoms with Crippen molar-refractivity contribution in [2.45, 2.75) is 90.1 Å². The minimum absolute atomic E-state index is 0.0853. The summed E-state index contributed by atoms with van der Waals surface area (Å²) in [7, 11) is -4.73. The van der Waals surface area contributed by atoms with E-state index >= 15 is 0 Å². The Morgan fingerprint density at radius 1 is 0.907 bits per heavy atom. The van der Waals surface area contributed by atoms with Crippen molar-refractivity contribution >= 4 is 24.5 Å². The number of hydrogen-bond donors (Lipinski definition) is 1. The van der Waals surface area contributed by atoms with Crippen molar-refractivity contribution in [2.75, 3.05) is 26.6 Å². The zero-order valence-electron chi connectivity index (χ0n) is 27.1. The highest BCUT2D eigenvalue weighted by molar-refractivity contribution is 7.86. The zero-order valence-corrected chi connectivity index (χ0v) is 28.9. The maximum atomic E-state index is 13.1. The highest BCUT2D eigenvalue weighted by atomic mass is 32.2. The lowest BCUT2D eigenvalue weighted by Gasteiger charge is -2.39. The summed E-state index contributed by atoms with van der Waals surface area (Å²) in [6.45, 7) is 15.6. The Balaban J connectivity index is 2.51. The zero-order chi connectivity index (χ0) is 32.5. The van der Waals surface area contributed by atoms with Gasteiger partial charge in [-0.15, -0.1) is 0 Å². The van der Waals surface area contributed by atoms with Crippen molar-refractivity contribution in [1.29, 1.82) is 0 Å². The van der Waals surface area contributed by atoms with Crippen LogP contribution in [0.1, 0.15) is 47.1 Å². The molecule has 242 valence electrons. The van der Waals surface area contributed by atoms with Crippen LogP contribution in [0, 0.1) is 0 Å². The van der Waals surface area contributed by atoms with E-state index in [-0.39, 0.29) is 24.9 Å². The van der Waals surface area contributed by atoms with Crippen LogP contribution in [0.15, 0.2) is 54.6 Å². The van der Waals surface area contributed by atoms with E-state index in [1.807, 2.05) is 30.3 Å². The molecule has 0 spiro atoms. The third kappa shape index (κ3) is 13.3. The maximum absolute atomic E-state index is 13.1. The summed E-state index contributed by atoms with van der Waals surface area (Å²) < 4.78 is 60.3. The number of ether oxygens (including phenoxy) is 4. The molecule has 1 amide bonds. The quantitative estimate of drug-likeness (QED) is 0.187. The third-order valence-electron chi connectivity index (χ3n) is 6.95. The number of amides is 1. The first kappa shape index (κ1) is 36.5. The predicted octanol–water partition coefficient (Wildman–Crippen LogP) is 5.92. The standard InChI is InChI=1S/C31H49NO9SSi/c1-30(2,3)40-29(33)32-26(21-37-25-18-16-24(36-7)17-19-25)28(38-20-23-14-12-11-13-15-23)27(41-42(8,34)35)22-39-43(9,10)31(4,5)6/h11-19,26-28H,20-22H2,1-10H3,(H,32,33)/t26-,27-,28-/m0/s1. The van der Waals surface area contributed by atoms with Crippen LogP contribution in [0.5, 0.6) is 11.5 Å². The fourth-order valence-electron chi connectivity index (χ4n) is 3.69. The molecule has 0 aliphatic carbocycles. The molecular formula is C31H49NO9SSi. The second-order valence-electron chi connectivity index (χ2n) is 12.9. The molecule has 0 aliphatic heterocycles. The van der Waals surface area contributed by atoms with Crippen LogP contribution in [-0.4, -0.2) is 73.3 Å². The SMILES string of the molecule is COc1ccc(OC[C@H](NC(=O)OC(C)(C)C)[C@H](OCc2ccccc2)[C@H](CO[Si](C)(C)C(C)(C)C)OS(C)(=O)=O)cc1. The van der Waals surface area contributed by atoms with Gasteiger partial charge in [0.05, 0.1) is 32.6 Å². The molecule has 12 heteroatoms. The molecule has 2 aromatic carbocycles. The molecule has 0 aromatic heterocycles. The molecule has 0 bridgehead atoms. The molecular weight excluding hydrogens is 590 g/mol. The average molecular weight is 640 g/mol. The summed E-state index contributed by atoms with van der Waals surface area (Å²) >= 11 is 0. The van der Waals surface area contributed by atoms with Gasteiger partial charge in [-0.2, -0.15) is 8.42 Å². The van der Waals surface area contributed by atoms with Gasteiger partial charge in [-0.1, -0.05) is 51.1 Å². The van der Waals surface area contributed by atoms with Crippen molar-refractivity contribution in [1.82, 2.24) is 5.32 Å². The first-order valence-corrected chi connectivity index (χ1v) is 19.0. The Morgan fingerprint density at radius 3 is 2.00 bits per heavy atom. The summed E-state index contributed by atoms with van der Waals surface area (Å²) in [6.07, 6.45) is -1.88. The summed E-state index contributed by atoms with van der Waals surface area (Å²) in [5, 5.41) is 2.70. The van der Waals surface area contributed by atoms with E-state index in [1.165, 1.54) is 0 Å². The van der Waals surface area contributed by atoms with Crippen molar-refractivity contribution in [3.8, 4) is 11.5 Å². The summed E-state index contributed by atoms with van der Waals surface area (Å²) in [5.74, 6) is 1.17. The minimum Gasteiger partial charge on any atom is -0.497 e. The van der Waals surface area contributed by atoms with Gasteiger partial charge in [-0.25, -0.2) is 4.79 Å². The molecule has 3 atom stereocenters. The fraction of sp³-hybridized carbons (Fsp3) is 0.581. The number of methoxy groups -OCH3 is 1. The van der Waals surface area contributed by atoms with Gasteiger partial charge in [0.2, 0.25) is 0 Å². The van der Waals surface area contributed by atoms with Crippen molar-refractivity contribution < 1.29 is 40.8 Å². The lowest BCUT2D eigenvalue weighted by Crippen LogP contribution is -2.56. The van der Waals surface area contributed by atoms with Gasteiger partial charge >= 0.3 is 6.09 Å². The Labute approximate surface area is 258 Å². The van der Waals surface area contributed by atoms with Crippen LogP contribution in [0.3, 0.4) is 0 Å². The van der Waals surface area contributed by atoms with E-state index in [0.29, 0.717) is 11.5 Å². The van der Waals surface area contributed by atoms with Crippen LogP contribution in [0.25, 0.3) is 0 Å². The molecule has 0 aliphatic rings. The largest absolute Gasteiger partial charge is 0.497 e. The predicted molar refractivity (Wildman–Crippen MR) is 170 cm³/mol. The summed E-state index contributed by atoms with van der Waals surface area (Å²) in [6, 6.07) is 15.5. The van der Waals surface area contributed by atoms with Crippen LogP contribution >= 0.6 is 0 Å². The van der Waals surface area contributed by atoms with E-state index in [2.05, 4.69) is 39.2 Å². The van der Waals surface area contributed by atoms with Gasteiger partial charge in [0, 0.05) is 0 Å². The number of hydrogen-bond acceptors (Lipinski definition) is 9. The average Bonchev–Trinajstić information content (AvgIpc) is 2.88. The van der Waals surface area contributed by atoms with E-state index in [4.69, 9.17) is 27.6 Å². The molecule has 10 nitrogen and oxygen atoms in total. The molecule has 0 saturated heterocycles. The lowest BCUT2D eigenvalue weighted by atomic mass is 10.1. The Bertz CT molecular complexity index is 1240. The Morgan fingerprint density at radius 2 is 1.49 bits per heavy atom. The topological polar surface area (TPSA) is 119 Å². The van der Waals surface area contributed by atoms with Crippen LogP contribution < -0.4 is 14.8 Å². The van der Waals surface area contributed by atoms with Gasteiger partial charge in [0.1, 0.15) is 35.9 Å². The number of carbonyl (C=O) groups excluding carboxylic acids is 1. The fourth-order valence-corrected chi connectivity index (χ4v) is 5.32. The number of benzene rings is 2. The molecule has 0 unspecified atom stereocenters. The smallest absolute Gasteiger partial charge is 0.408 e. The number of alkyl carbamates (subject to hydrolysis) is 1. The molecule has 0 heterocycles. The molecule has 0 radical (unpaired) electrons. The van der Waals surface area contributed by atoms with E-state index in [1.54, 1.807) is 52.1 Å². The van der Waals surface area contributed by atoms with Gasteiger partial charge < -0.3 is 28.7 Å². The number of nitrogens with one attached hydrogen (secondary N) is 1. The van der Waals surface area contributed by atoms with Crippen molar-refractivity contribution in [2.24, 2.45) is 0 Å². The maximum Gasteiger partial charge on any atom is 0.408 e. The number of rotatable bonds is 15. The molecule has 0 fully saturated rings.